The van der Waals surface area contributed by atoms with Crippen molar-refractivity contribution in [1.82, 2.24) is 10.0 Å². The summed E-state index contributed by atoms with van der Waals surface area (Å²) in [6.07, 6.45) is 2.41. The highest BCUT2D eigenvalue weighted by Crippen LogP contribution is 2.24. The molecule has 0 atom stereocenters. The molecule has 0 aromatic heterocycles. The van der Waals surface area contributed by atoms with Crippen molar-refractivity contribution in [2.45, 2.75) is 57.5 Å². The quantitative estimate of drug-likeness (QED) is 0.293. The minimum absolute atomic E-state index is 0.139. The third kappa shape index (κ3) is 9.31. The highest BCUT2D eigenvalue weighted by Gasteiger charge is 2.15. The van der Waals surface area contributed by atoms with Crippen LogP contribution in [0.2, 0.25) is 0 Å². The Hall–Kier alpha value is -1.80. The van der Waals surface area contributed by atoms with Crippen molar-refractivity contribution in [3.05, 3.63) is 33.9 Å². The first-order valence-corrected chi connectivity index (χ1v) is 9.12. The van der Waals surface area contributed by atoms with E-state index >= 15 is 0 Å². The number of carbonyl (C=O) groups excluding carboxylic acids is 1. The molecule has 0 bridgehead atoms. The molecule has 0 aliphatic heterocycles. The fourth-order valence-electron chi connectivity index (χ4n) is 1.99. The predicted octanol–water partition coefficient (Wildman–Crippen LogP) is 4.19. The molecule has 0 saturated carbocycles. The number of benzene rings is 1. The summed E-state index contributed by atoms with van der Waals surface area (Å²) < 4.78 is 8.35. The van der Waals surface area contributed by atoms with Crippen molar-refractivity contribution >= 4 is 23.7 Å². The molecule has 0 saturated heterocycles. The molecule has 2 N–H and O–H groups in total. The first-order valence-electron chi connectivity index (χ1n) is 8.30. The van der Waals surface area contributed by atoms with E-state index < -0.39 is 5.60 Å². The normalized spacial score (nSPS) is 11.2. The van der Waals surface area contributed by atoms with Gasteiger partial charge in [0, 0.05) is 29.6 Å². The van der Waals surface area contributed by atoms with Gasteiger partial charge in [-0.25, -0.2) is 4.79 Å². The van der Waals surface area contributed by atoms with Crippen LogP contribution in [0.1, 0.15) is 45.6 Å². The number of amides is 1. The Morgan fingerprint density at radius 3 is 2.56 bits per heavy atom. The van der Waals surface area contributed by atoms with Crippen LogP contribution in [0, 0.1) is 17.0 Å². The van der Waals surface area contributed by atoms with Crippen LogP contribution in [0.25, 0.3) is 0 Å². The molecule has 8 heteroatoms. The second kappa shape index (κ2) is 10.2. The fraction of sp³-hybridized carbons (Fsp3) is 0.588. The van der Waals surface area contributed by atoms with Crippen molar-refractivity contribution < 1.29 is 14.5 Å². The Morgan fingerprint density at radius 2 is 1.92 bits per heavy atom. The molecule has 1 rings (SSSR count). The van der Waals surface area contributed by atoms with Crippen LogP contribution in [0.4, 0.5) is 10.5 Å². The van der Waals surface area contributed by atoms with Gasteiger partial charge in [0.1, 0.15) is 5.60 Å². The number of nitro groups is 1. The number of hydrogen-bond donors (Lipinski definition) is 2. The lowest BCUT2D eigenvalue weighted by Gasteiger charge is -2.19. The molecule has 0 spiro atoms. The van der Waals surface area contributed by atoms with Gasteiger partial charge in [0.25, 0.3) is 5.69 Å². The standard InChI is InChI=1S/C17H27N3O4S/c1-13-8-9-14(12-15(13)20(22)23)25-19-11-7-5-6-10-18-16(21)24-17(2,3)4/h8-9,12,19H,5-7,10-11H2,1-4H3,(H,18,21). The predicted molar refractivity (Wildman–Crippen MR) is 99.8 cm³/mol. The second-order valence-electron chi connectivity index (χ2n) is 6.69. The molecule has 0 aliphatic carbocycles. The number of rotatable bonds is 9. The molecular weight excluding hydrogens is 342 g/mol. The van der Waals surface area contributed by atoms with Gasteiger partial charge >= 0.3 is 6.09 Å². The van der Waals surface area contributed by atoms with E-state index in [1.54, 1.807) is 19.1 Å². The van der Waals surface area contributed by atoms with Crippen LogP contribution >= 0.6 is 11.9 Å². The lowest BCUT2D eigenvalue weighted by Crippen LogP contribution is -2.33. The van der Waals surface area contributed by atoms with Gasteiger partial charge in [-0.1, -0.05) is 12.5 Å². The highest BCUT2D eigenvalue weighted by molar-refractivity contribution is 7.97. The van der Waals surface area contributed by atoms with Crippen molar-refractivity contribution in [2.75, 3.05) is 13.1 Å². The van der Waals surface area contributed by atoms with E-state index in [4.69, 9.17) is 4.74 Å². The second-order valence-corrected chi connectivity index (χ2v) is 7.66. The minimum Gasteiger partial charge on any atom is -0.444 e. The van der Waals surface area contributed by atoms with E-state index in [9.17, 15) is 14.9 Å². The number of aryl methyl sites for hydroxylation is 1. The van der Waals surface area contributed by atoms with Crippen LogP contribution < -0.4 is 10.0 Å². The van der Waals surface area contributed by atoms with Crippen LogP contribution in [0.15, 0.2) is 23.1 Å². The zero-order valence-corrected chi connectivity index (χ0v) is 16.1. The van der Waals surface area contributed by atoms with E-state index in [1.165, 1.54) is 11.9 Å². The van der Waals surface area contributed by atoms with Crippen LogP contribution in [-0.2, 0) is 4.74 Å². The molecule has 140 valence electrons. The van der Waals surface area contributed by atoms with Crippen LogP contribution in [0.3, 0.4) is 0 Å². The number of carbonyl (C=O) groups is 1. The molecule has 0 heterocycles. The number of hydrogen-bond acceptors (Lipinski definition) is 6. The van der Waals surface area contributed by atoms with Gasteiger partial charge in [0.15, 0.2) is 0 Å². The molecule has 1 amide bonds. The van der Waals surface area contributed by atoms with Gasteiger partial charge in [-0.15, -0.1) is 0 Å². The highest BCUT2D eigenvalue weighted by atomic mass is 32.2. The lowest BCUT2D eigenvalue weighted by molar-refractivity contribution is -0.385. The average molecular weight is 369 g/mol. The average Bonchev–Trinajstić information content (AvgIpc) is 2.49. The van der Waals surface area contributed by atoms with Crippen LogP contribution in [-0.4, -0.2) is 29.7 Å². The monoisotopic (exact) mass is 369 g/mol. The first-order chi connectivity index (χ1) is 11.7. The molecule has 0 radical (unpaired) electrons. The topological polar surface area (TPSA) is 93.5 Å². The van der Waals surface area contributed by atoms with Crippen molar-refractivity contribution in [2.24, 2.45) is 0 Å². The van der Waals surface area contributed by atoms with Gasteiger partial charge in [0.2, 0.25) is 0 Å². The van der Waals surface area contributed by atoms with E-state index in [0.29, 0.717) is 12.1 Å². The van der Waals surface area contributed by atoms with E-state index in [1.807, 2.05) is 26.8 Å². The Labute approximate surface area is 153 Å². The third-order valence-corrected chi connectivity index (χ3v) is 4.03. The number of ether oxygens (including phenoxy) is 1. The van der Waals surface area contributed by atoms with E-state index in [-0.39, 0.29) is 16.7 Å². The Kier molecular flexibility index (Phi) is 8.71. The van der Waals surface area contributed by atoms with Crippen molar-refractivity contribution in [1.29, 1.82) is 0 Å². The molecule has 0 unspecified atom stereocenters. The number of unbranched alkanes of at least 4 members (excludes halogenated alkanes) is 2. The molecular formula is C17H27N3O4S. The smallest absolute Gasteiger partial charge is 0.407 e. The summed E-state index contributed by atoms with van der Waals surface area (Å²) in [6.45, 7) is 8.60. The number of alkyl carbamates (subject to hydrolysis) is 1. The van der Waals surface area contributed by atoms with Crippen molar-refractivity contribution in [3.63, 3.8) is 0 Å². The summed E-state index contributed by atoms with van der Waals surface area (Å²) >= 11 is 1.39. The molecule has 25 heavy (non-hydrogen) atoms. The molecule has 7 nitrogen and oxygen atoms in total. The summed E-state index contributed by atoms with van der Waals surface area (Å²) in [4.78, 5) is 22.8. The summed E-state index contributed by atoms with van der Waals surface area (Å²) in [5.74, 6) is 0. The molecule has 1 aromatic rings. The van der Waals surface area contributed by atoms with Crippen molar-refractivity contribution in [3.8, 4) is 0 Å². The Balaban J connectivity index is 2.12. The first kappa shape index (κ1) is 21.2. The minimum atomic E-state index is -0.476. The zero-order chi connectivity index (χ0) is 18.9. The molecule has 0 aliphatic rings. The van der Waals surface area contributed by atoms with Gasteiger partial charge < -0.3 is 10.1 Å². The summed E-state index contributed by atoms with van der Waals surface area (Å²) in [5, 5.41) is 13.6. The largest absolute Gasteiger partial charge is 0.444 e. The van der Waals surface area contributed by atoms with Gasteiger partial charge in [-0.2, -0.15) is 0 Å². The molecule has 1 aromatic carbocycles. The maximum absolute atomic E-state index is 11.5. The third-order valence-electron chi connectivity index (χ3n) is 3.19. The van der Waals surface area contributed by atoms with Gasteiger partial charge in [-0.3, -0.25) is 14.8 Å². The fourth-order valence-corrected chi connectivity index (χ4v) is 2.71. The SMILES string of the molecule is Cc1ccc(SNCCCCCNC(=O)OC(C)(C)C)cc1[N+](=O)[O-]. The van der Waals surface area contributed by atoms with E-state index in [0.717, 1.165) is 30.7 Å². The van der Waals surface area contributed by atoms with E-state index in [2.05, 4.69) is 10.0 Å². The Morgan fingerprint density at radius 1 is 1.24 bits per heavy atom. The van der Waals surface area contributed by atoms with Gasteiger partial charge in [0.05, 0.1) is 4.92 Å². The summed E-state index contributed by atoms with van der Waals surface area (Å²) in [6, 6.07) is 5.20. The maximum Gasteiger partial charge on any atom is 0.407 e. The van der Waals surface area contributed by atoms with Gasteiger partial charge in [-0.05, 0) is 58.6 Å². The summed E-state index contributed by atoms with van der Waals surface area (Å²) in [7, 11) is 0. The maximum atomic E-state index is 11.5. The molecule has 0 fully saturated rings. The number of nitro benzene ring substituents is 1. The summed E-state index contributed by atoms with van der Waals surface area (Å²) in [5.41, 5.74) is 0.322. The zero-order valence-electron chi connectivity index (χ0n) is 15.3. The number of nitrogens with zero attached hydrogens (tertiary/aromatic N) is 1. The Bertz CT molecular complexity index is 588. The number of nitrogens with one attached hydrogen (secondary N) is 2. The lowest BCUT2D eigenvalue weighted by atomic mass is 10.2. The van der Waals surface area contributed by atoms with Crippen LogP contribution in [0.5, 0.6) is 0 Å².